The molecule has 2 aliphatic heterocycles. The molecule has 4 rings (SSSR count). The van der Waals surface area contributed by atoms with Gasteiger partial charge in [0, 0.05) is 45.2 Å². The largest absolute Gasteiger partial charge is 0.352 e. The molecule has 1 amide bonds. The second-order valence-corrected chi connectivity index (χ2v) is 8.61. The fraction of sp³-hybridized carbons (Fsp3) is 0.682. The van der Waals surface area contributed by atoms with Crippen molar-refractivity contribution in [2.24, 2.45) is 11.3 Å². The van der Waals surface area contributed by atoms with Crippen LogP contribution in [0.15, 0.2) is 24.3 Å². The summed E-state index contributed by atoms with van der Waals surface area (Å²) in [5.74, 6) is 0.510. The number of piperazine rings is 1. The summed E-state index contributed by atoms with van der Waals surface area (Å²) >= 11 is 0. The normalized spacial score (nSPS) is 22.9. The number of carbonyl (C=O) groups excluding carboxylic acids is 1. The fourth-order valence-corrected chi connectivity index (χ4v) is 4.79. The molecule has 172 valence electrons. The first kappa shape index (κ1) is 27.5. The van der Waals surface area contributed by atoms with Gasteiger partial charge in [0.1, 0.15) is 0 Å². The monoisotopic (exact) mass is 478 g/mol. The number of benzene rings is 1. The van der Waals surface area contributed by atoms with Crippen LogP contribution in [-0.2, 0) is 17.9 Å². The molecule has 1 unspecified atom stereocenters. The number of carbonyl (C=O) groups is 1. The van der Waals surface area contributed by atoms with Crippen LogP contribution >= 0.6 is 37.2 Å². The van der Waals surface area contributed by atoms with Gasteiger partial charge < -0.3 is 15.5 Å². The standard InChI is InChI=1S/C22H34N4O.3ClH/c1-2-25-11-13-26(14-12-25)17-19-5-3-18(4-6-19)16-24-21(27)20-15-22(20)7-9-23-10-8-22;;;/h3-6,20,23H,2,7-17H2,1H3,(H,24,27);3*1H. The number of likely N-dealkylation sites (N-methyl/N-ethyl adjacent to an activating group) is 1. The van der Waals surface area contributed by atoms with Crippen LogP contribution in [0, 0.1) is 11.3 Å². The summed E-state index contributed by atoms with van der Waals surface area (Å²) in [7, 11) is 0. The summed E-state index contributed by atoms with van der Waals surface area (Å²) in [5.41, 5.74) is 2.88. The molecule has 2 saturated heterocycles. The zero-order chi connectivity index (χ0) is 18.7. The number of hydrogen-bond acceptors (Lipinski definition) is 4. The van der Waals surface area contributed by atoms with E-state index in [1.54, 1.807) is 0 Å². The molecule has 1 aromatic carbocycles. The maximum absolute atomic E-state index is 12.5. The number of piperidine rings is 1. The number of nitrogens with one attached hydrogen (secondary N) is 2. The molecule has 1 aromatic rings. The highest BCUT2D eigenvalue weighted by atomic mass is 35.5. The van der Waals surface area contributed by atoms with E-state index in [4.69, 9.17) is 0 Å². The van der Waals surface area contributed by atoms with Crippen LogP contribution in [0.1, 0.15) is 37.3 Å². The van der Waals surface area contributed by atoms with Gasteiger partial charge in [-0.3, -0.25) is 9.69 Å². The predicted octanol–water partition coefficient (Wildman–Crippen LogP) is 3.10. The van der Waals surface area contributed by atoms with Crippen molar-refractivity contribution >= 4 is 43.1 Å². The minimum Gasteiger partial charge on any atom is -0.352 e. The molecule has 1 saturated carbocycles. The first-order valence-corrected chi connectivity index (χ1v) is 10.7. The van der Waals surface area contributed by atoms with Gasteiger partial charge in [-0.2, -0.15) is 0 Å². The molecule has 1 spiro atoms. The minimum atomic E-state index is 0. The molecule has 1 aliphatic carbocycles. The summed E-state index contributed by atoms with van der Waals surface area (Å²) in [6, 6.07) is 8.79. The van der Waals surface area contributed by atoms with Crippen molar-refractivity contribution in [1.82, 2.24) is 20.4 Å². The summed E-state index contributed by atoms with van der Waals surface area (Å²) < 4.78 is 0. The topological polar surface area (TPSA) is 47.6 Å². The van der Waals surface area contributed by atoms with Gasteiger partial charge in [-0.15, -0.1) is 37.2 Å². The molecule has 5 nitrogen and oxygen atoms in total. The quantitative estimate of drug-likeness (QED) is 0.658. The maximum Gasteiger partial charge on any atom is 0.223 e. The van der Waals surface area contributed by atoms with E-state index in [1.165, 1.54) is 24.2 Å². The average Bonchev–Trinajstić information content (AvgIpc) is 3.41. The lowest BCUT2D eigenvalue weighted by Gasteiger charge is -2.34. The Morgan fingerprint density at radius 3 is 2.17 bits per heavy atom. The molecule has 3 aliphatic rings. The zero-order valence-corrected chi connectivity index (χ0v) is 20.3. The Hall–Kier alpha value is -0.560. The Labute approximate surface area is 199 Å². The SMILES string of the molecule is CCN1CCN(Cc2ccc(CNC(=O)C3CC34CCNCC4)cc2)CC1.Cl.Cl.Cl. The average molecular weight is 480 g/mol. The van der Waals surface area contributed by atoms with Crippen LogP contribution in [0.5, 0.6) is 0 Å². The van der Waals surface area contributed by atoms with E-state index in [0.717, 1.165) is 58.5 Å². The smallest absolute Gasteiger partial charge is 0.223 e. The Kier molecular flexibility index (Phi) is 11.4. The van der Waals surface area contributed by atoms with Gasteiger partial charge >= 0.3 is 0 Å². The number of hydrogen-bond donors (Lipinski definition) is 2. The van der Waals surface area contributed by atoms with Crippen LogP contribution < -0.4 is 10.6 Å². The molecule has 0 radical (unpaired) electrons. The highest BCUT2D eigenvalue weighted by Crippen LogP contribution is 2.58. The van der Waals surface area contributed by atoms with E-state index < -0.39 is 0 Å². The lowest BCUT2D eigenvalue weighted by molar-refractivity contribution is -0.123. The van der Waals surface area contributed by atoms with E-state index in [9.17, 15) is 4.79 Å². The maximum atomic E-state index is 12.5. The first-order chi connectivity index (χ1) is 13.2. The third kappa shape index (κ3) is 6.72. The van der Waals surface area contributed by atoms with E-state index in [2.05, 4.69) is 51.6 Å². The van der Waals surface area contributed by atoms with Gasteiger partial charge in [0.2, 0.25) is 5.91 Å². The van der Waals surface area contributed by atoms with Gasteiger partial charge in [-0.1, -0.05) is 31.2 Å². The molecule has 3 fully saturated rings. The van der Waals surface area contributed by atoms with Crippen molar-refractivity contribution in [3.8, 4) is 0 Å². The van der Waals surface area contributed by atoms with Crippen LogP contribution in [-0.4, -0.2) is 61.5 Å². The summed E-state index contributed by atoms with van der Waals surface area (Å²) in [5, 5.41) is 6.57. The van der Waals surface area contributed by atoms with Crippen molar-refractivity contribution in [3.63, 3.8) is 0 Å². The van der Waals surface area contributed by atoms with Crippen LogP contribution in [0.3, 0.4) is 0 Å². The van der Waals surface area contributed by atoms with Gasteiger partial charge in [0.05, 0.1) is 0 Å². The van der Waals surface area contributed by atoms with Crippen molar-refractivity contribution in [1.29, 1.82) is 0 Å². The van der Waals surface area contributed by atoms with Crippen molar-refractivity contribution in [2.45, 2.75) is 39.3 Å². The first-order valence-electron chi connectivity index (χ1n) is 10.7. The zero-order valence-electron chi connectivity index (χ0n) is 17.9. The predicted molar refractivity (Wildman–Crippen MR) is 130 cm³/mol. The van der Waals surface area contributed by atoms with Crippen LogP contribution in [0.4, 0.5) is 0 Å². The Morgan fingerprint density at radius 2 is 1.57 bits per heavy atom. The van der Waals surface area contributed by atoms with Gasteiger partial charge in [0.15, 0.2) is 0 Å². The third-order valence-corrected chi connectivity index (χ3v) is 6.91. The second-order valence-electron chi connectivity index (χ2n) is 8.61. The Bertz CT molecular complexity index is 644. The molecular formula is C22H37Cl3N4O. The van der Waals surface area contributed by atoms with Crippen LogP contribution in [0.2, 0.25) is 0 Å². The second kappa shape index (κ2) is 12.5. The van der Waals surface area contributed by atoms with Gasteiger partial charge in [-0.05, 0) is 55.4 Å². The van der Waals surface area contributed by atoms with E-state index >= 15 is 0 Å². The number of nitrogens with zero attached hydrogens (tertiary/aromatic N) is 2. The third-order valence-electron chi connectivity index (χ3n) is 6.91. The summed E-state index contributed by atoms with van der Waals surface area (Å²) in [4.78, 5) is 17.5. The summed E-state index contributed by atoms with van der Waals surface area (Å²) in [6.45, 7) is 11.9. The number of halogens is 3. The fourth-order valence-electron chi connectivity index (χ4n) is 4.79. The number of amides is 1. The van der Waals surface area contributed by atoms with Crippen molar-refractivity contribution in [3.05, 3.63) is 35.4 Å². The van der Waals surface area contributed by atoms with E-state index in [0.29, 0.717) is 12.0 Å². The van der Waals surface area contributed by atoms with Gasteiger partial charge in [0.25, 0.3) is 0 Å². The molecule has 2 N–H and O–H groups in total. The van der Waals surface area contributed by atoms with Gasteiger partial charge in [-0.25, -0.2) is 0 Å². The summed E-state index contributed by atoms with van der Waals surface area (Å²) in [6.07, 6.45) is 3.41. The lowest BCUT2D eigenvalue weighted by Crippen LogP contribution is -2.45. The highest BCUT2D eigenvalue weighted by molar-refractivity contribution is 5.86. The van der Waals surface area contributed by atoms with Crippen molar-refractivity contribution in [2.75, 3.05) is 45.8 Å². The van der Waals surface area contributed by atoms with Crippen LogP contribution in [0.25, 0.3) is 0 Å². The van der Waals surface area contributed by atoms with Crippen molar-refractivity contribution < 1.29 is 4.79 Å². The highest BCUT2D eigenvalue weighted by Gasteiger charge is 2.57. The Morgan fingerprint density at radius 1 is 1.00 bits per heavy atom. The number of rotatable bonds is 6. The van der Waals surface area contributed by atoms with E-state index in [-0.39, 0.29) is 49.0 Å². The molecule has 30 heavy (non-hydrogen) atoms. The molecule has 1 atom stereocenters. The van der Waals surface area contributed by atoms with E-state index in [1.807, 2.05) is 0 Å². The molecule has 2 heterocycles. The molecular weight excluding hydrogens is 443 g/mol. The molecule has 8 heteroatoms. The molecule has 0 bridgehead atoms. The Balaban J connectivity index is 0.00000150. The minimum absolute atomic E-state index is 0. The lowest BCUT2D eigenvalue weighted by atomic mass is 9.92. The molecule has 0 aromatic heterocycles.